The molecule has 0 saturated carbocycles. The average Bonchev–Trinajstić information content (AvgIpc) is 1.54. The first-order chi connectivity index (χ1) is 5.06. The third kappa shape index (κ3) is 54.1. The second kappa shape index (κ2) is 5.33. The minimum absolute atomic E-state index is 0.0289. The van der Waals surface area contributed by atoms with Gasteiger partial charge in [0.2, 0.25) is 0 Å². The van der Waals surface area contributed by atoms with Gasteiger partial charge in [0, 0.05) is 0 Å². The lowest BCUT2D eigenvalue weighted by atomic mass is 10.3. The van der Waals surface area contributed by atoms with Gasteiger partial charge in [-0.15, -0.1) is 0 Å². The van der Waals surface area contributed by atoms with Crippen molar-refractivity contribution in [3.8, 4) is 0 Å². The average molecular weight is 213 g/mol. The molecule has 0 aliphatic carbocycles. The molecule has 0 amide bonds. The van der Waals surface area contributed by atoms with Gasteiger partial charge in [0.25, 0.3) is 0 Å². The Labute approximate surface area is 66.6 Å². The second-order valence-electron chi connectivity index (χ2n) is 1.33. The van der Waals surface area contributed by atoms with Crippen LogP contribution in [0.5, 0.6) is 0 Å². The van der Waals surface area contributed by atoms with Crippen LogP contribution in [0, 0.1) is 0 Å². The monoisotopic (exact) mass is 213 g/mol. The molecule has 0 aromatic heterocycles. The van der Waals surface area contributed by atoms with Gasteiger partial charge >= 0.3 is 17.7 Å². The van der Waals surface area contributed by atoms with Crippen LogP contribution >= 0.6 is 0 Å². The maximum absolute atomic E-state index is 9.75. The molecule has 1 N–H and O–H groups in total. The van der Waals surface area contributed by atoms with Crippen LogP contribution in [0.25, 0.3) is 0 Å². The molecule has 0 saturated heterocycles. The maximum atomic E-state index is 9.75. The highest BCUT2D eigenvalue weighted by molar-refractivity contribution is 7.80. The van der Waals surface area contributed by atoms with E-state index in [0.717, 1.165) is 0 Å². The Morgan fingerprint density at radius 1 is 1.33 bits per heavy atom. The molecule has 0 atom stereocenters. The van der Waals surface area contributed by atoms with E-state index in [-0.39, 0.29) is 6.61 Å². The van der Waals surface area contributed by atoms with E-state index in [1.807, 2.05) is 0 Å². The van der Waals surface area contributed by atoms with Gasteiger partial charge in [0.15, 0.2) is 0 Å². The van der Waals surface area contributed by atoms with Gasteiger partial charge in [-0.25, -0.2) is 4.18 Å². The van der Waals surface area contributed by atoms with Crippen molar-refractivity contribution in [2.45, 2.75) is 6.92 Å². The summed E-state index contributed by atoms with van der Waals surface area (Å²) >= 11 is 0. The van der Waals surface area contributed by atoms with Gasteiger partial charge in [0.1, 0.15) is 0 Å². The minimum Gasteiger partial charge on any atom is -0.418 e. The summed E-state index contributed by atoms with van der Waals surface area (Å²) in [6, 6.07) is 0. The van der Waals surface area contributed by atoms with Gasteiger partial charge in [-0.05, 0) is 6.92 Å². The highest BCUT2D eigenvalue weighted by atomic mass is 32.3. The highest BCUT2D eigenvalue weighted by Gasteiger charge is 2.20. The summed E-state index contributed by atoms with van der Waals surface area (Å²) in [6.45, 7) is 1.44. The zero-order valence-electron chi connectivity index (χ0n) is 5.88. The fourth-order valence-corrected chi connectivity index (χ4v) is 0.447. The Kier molecular flexibility index (Phi) is 6.30. The molecule has 10 heteroatoms. The Bertz CT molecular complexity index is 192. The zero-order valence-corrected chi connectivity index (χ0v) is 6.69. The van der Waals surface area contributed by atoms with E-state index in [9.17, 15) is 25.7 Å². The van der Waals surface area contributed by atoms with E-state index in [1.54, 1.807) is 0 Å². The van der Waals surface area contributed by atoms with Crippen LogP contribution in [0.15, 0.2) is 0 Å². The smallest absolute Gasteiger partial charge is 0.418 e. The van der Waals surface area contributed by atoms with Crippen molar-refractivity contribution in [3.05, 3.63) is 0 Å². The van der Waals surface area contributed by atoms with E-state index < -0.39 is 17.7 Å². The van der Waals surface area contributed by atoms with Crippen molar-refractivity contribution in [2.75, 3.05) is 6.61 Å². The van der Waals surface area contributed by atoms with Crippen LogP contribution in [0.4, 0.5) is 17.3 Å². The Balaban J connectivity index is 0. The lowest BCUT2D eigenvalue weighted by molar-refractivity contribution is 0.283. The first kappa shape index (κ1) is 14.2. The van der Waals surface area contributed by atoms with Gasteiger partial charge in [0.05, 0.1) is 6.61 Å². The summed E-state index contributed by atoms with van der Waals surface area (Å²) < 4.78 is 69.7. The molecule has 12 heavy (non-hydrogen) atoms. The Hall–Kier alpha value is -0.345. The quantitative estimate of drug-likeness (QED) is 0.424. The summed E-state index contributed by atoms with van der Waals surface area (Å²) in [6.07, 6.45) is 0. The molecule has 4 nitrogen and oxygen atoms in total. The summed E-state index contributed by atoms with van der Waals surface area (Å²) in [4.78, 5) is 0. The van der Waals surface area contributed by atoms with E-state index in [4.69, 9.17) is 4.55 Å². The maximum Gasteiger partial charge on any atom is 0.673 e. The predicted molar refractivity (Wildman–Crippen MR) is 33.4 cm³/mol. The van der Waals surface area contributed by atoms with Gasteiger partial charge in [-0.2, -0.15) is 8.42 Å². The van der Waals surface area contributed by atoms with Crippen molar-refractivity contribution in [1.29, 1.82) is 0 Å². The van der Waals surface area contributed by atoms with Crippen LogP contribution < -0.4 is 0 Å². The first-order valence-electron chi connectivity index (χ1n) is 2.55. The highest BCUT2D eigenvalue weighted by Crippen LogP contribution is 2.06. The topological polar surface area (TPSA) is 63.6 Å². The molecule has 0 aliphatic rings. The normalized spacial score (nSPS) is 11.8. The van der Waals surface area contributed by atoms with E-state index in [0.29, 0.717) is 0 Å². The zero-order chi connectivity index (χ0) is 10.4. The van der Waals surface area contributed by atoms with Crippen LogP contribution in [-0.4, -0.2) is 26.8 Å². The molecular weight excluding hydrogens is 207 g/mol. The van der Waals surface area contributed by atoms with Gasteiger partial charge < -0.3 is 17.3 Å². The Morgan fingerprint density at radius 3 is 1.58 bits per heavy atom. The summed E-state index contributed by atoms with van der Waals surface area (Å²) in [5, 5.41) is 0. The molecule has 0 spiro atoms. The molecule has 0 heterocycles. The lowest BCUT2D eigenvalue weighted by Crippen LogP contribution is -2.02. The summed E-state index contributed by atoms with van der Waals surface area (Å²) in [5.41, 5.74) is 0. The van der Waals surface area contributed by atoms with Gasteiger partial charge in [-0.1, -0.05) is 0 Å². The number of halogens is 4. The molecule has 0 aromatic carbocycles. The second-order valence-corrected chi connectivity index (χ2v) is 2.42. The third-order valence-electron chi connectivity index (χ3n) is 0.267. The van der Waals surface area contributed by atoms with Crippen molar-refractivity contribution < 1.29 is 34.4 Å². The molecule has 0 aromatic rings. The fourth-order valence-electron chi connectivity index (χ4n) is 0.149. The van der Waals surface area contributed by atoms with Crippen LogP contribution in [-0.2, 0) is 14.6 Å². The minimum atomic E-state index is -6.00. The largest absolute Gasteiger partial charge is 0.673 e. The fraction of sp³-hybridized carbons (Fsp3) is 1.00. The molecule has 0 bridgehead atoms. The molecule has 76 valence electrons. The number of hydrogen-bond acceptors (Lipinski definition) is 3. The lowest BCUT2D eigenvalue weighted by Gasteiger charge is -1.94. The predicted octanol–water partition coefficient (Wildman–Crippen LogP) is 1.13. The van der Waals surface area contributed by atoms with Crippen LogP contribution in [0.1, 0.15) is 6.92 Å². The Morgan fingerprint density at radius 2 is 1.58 bits per heavy atom. The van der Waals surface area contributed by atoms with Crippen LogP contribution in [0.2, 0.25) is 0 Å². The molecule has 0 aliphatic heterocycles. The first-order valence-corrected chi connectivity index (χ1v) is 3.92. The molecular formula is C2H6BF4O4S-. The molecule has 0 unspecified atom stereocenters. The third-order valence-corrected chi connectivity index (χ3v) is 0.800. The van der Waals surface area contributed by atoms with Crippen LogP contribution in [0.3, 0.4) is 0 Å². The molecule has 0 fully saturated rings. The van der Waals surface area contributed by atoms with Crippen molar-refractivity contribution in [2.24, 2.45) is 0 Å². The molecule has 0 radical (unpaired) electrons. The van der Waals surface area contributed by atoms with E-state index in [2.05, 4.69) is 4.18 Å². The van der Waals surface area contributed by atoms with E-state index >= 15 is 0 Å². The number of rotatable bonds is 2. The van der Waals surface area contributed by atoms with Crippen molar-refractivity contribution in [3.63, 3.8) is 0 Å². The number of hydrogen-bond donors (Lipinski definition) is 1. The summed E-state index contributed by atoms with van der Waals surface area (Å²) in [5.74, 6) is 0. The van der Waals surface area contributed by atoms with Crippen molar-refractivity contribution >= 4 is 17.7 Å². The SMILES string of the molecule is CCOS(=O)(=O)O.F[B-](F)(F)F. The standard InChI is InChI=1S/C2H6O4S.BF4/c1-2-6-7(3,4)5;2-1(3,4)5/h2H2,1H3,(H,3,4,5);/q;-1. The van der Waals surface area contributed by atoms with Gasteiger partial charge in [-0.3, -0.25) is 4.55 Å². The van der Waals surface area contributed by atoms with E-state index in [1.165, 1.54) is 6.92 Å². The molecule has 0 rings (SSSR count). The van der Waals surface area contributed by atoms with Crippen molar-refractivity contribution in [1.82, 2.24) is 0 Å². The summed E-state index contributed by atoms with van der Waals surface area (Å²) in [7, 11) is -10.2.